The maximum absolute atomic E-state index is 12.7. The van der Waals surface area contributed by atoms with Crippen molar-refractivity contribution in [3.05, 3.63) is 57.0 Å². The molecule has 0 saturated heterocycles. The van der Waals surface area contributed by atoms with E-state index in [1.807, 2.05) is 0 Å². The quantitative estimate of drug-likeness (QED) is 0.826. The lowest BCUT2D eigenvalue weighted by molar-refractivity contribution is 0.233. The van der Waals surface area contributed by atoms with Crippen LogP contribution in [0.15, 0.2) is 41.3 Å². The molecule has 1 heterocycles. The molecule has 2 amide bonds. The number of amides is 2. The minimum absolute atomic E-state index is 0.0522. The summed E-state index contributed by atoms with van der Waals surface area (Å²) >= 11 is 17.7. The Morgan fingerprint density at radius 2 is 1.78 bits per heavy atom. The highest BCUT2D eigenvalue weighted by Gasteiger charge is 2.38. The number of fused-ring (bicyclic) bond motifs is 1. The molecular weight excluding hydrogens is 383 g/mol. The van der Waals surface area contributed by atoms with Crippen LogP contribution in [0.5, 0.6) is 0 Å². The summed E-state index contributed by atoms with van der Waals surface area (Å²) < 4.78 is 26.2. The van der Waals surface area contributed by atoms with Crippen molar-refractivity contribution in [2.75, 3.05) is 5.32 Å². The van der Waals surface area contributed by atoms with Gasteiger partial charge in [-0.15, -0.1) is 0 Å². The van der Waals surface area contributed by atoms with E-state index in [4.69, 9.17) is 34.8 Å². The van der Waals surface area contributed by atoms with Crippen molar-refractivity contribution in [2.24, 2.45) is 0 Å². The first-order valence-electron chi connectivity index (χ1n) is 6.36. The molecule has 0 fully saturated rings. The third kappa shape index (κ3) is 2.99. The molecule has 23 heavy (non-hydrogen) atoms. The Labute approximate surface area is 147 Å². The van der Waals surface area contributed by atoms with Crippen LogP contribution in [0.3, 0.4) is 0 Å². The van der Waals surface area contributed by atoms with Gasteiger partial charge in [0.25, 0.3) is 10.0 Å². The number of hydrogen-bond acceptors (Lipinski definition) is 3. The molecule has 0 atom stereocenters. The predicted molar refractivity (Wildman–Crippen MR) is 89.7 cm³/mol. The van der Waals surface area contributed by atoms with Gasteiger partial charge in [0.2, 0.25) is 0 Å². The number of rotatable bonds is 2. The Hall–Kier alpha value is -1.47. The van der Waals surface area contributed by atoms with Gasteiger partial charge in [-0.3, -0.25) is 0 Å². The van der Waals surface area contributed by atoms with Crippen molar-refractivity contribution >= 4 is 56.5 Å². The second-order valence-corrected chi connectivity index (χ2v) is 7.92. The summed E-state index contributed by atoms with van der Waals surface area (Å²) in [5, 5.41) is 3.11. The number of carbonyl (C=O) groups is 1. The average molecular weight is 392 g/mol. The van der Waals surface area contributed by atoms with E-state index in [0.717, 1.165) is 0 Å². The fourth-order valence-electron chi connectivity index (χ4n) is 2.27. The van der Waals surface area contributed by atoms with E-state index < -0.39 is 16.1 Å². The Bertz CT molecular complexity index is 915. The van der Waals surface area contributed by atoms with E-state index in [9.17, 15) is 13.2 Å². The monoisotopic (exact) mass is 390 g/mol. The van der Waals surface area contributed by atoms with Gasteiger partial charge in [-0.25, -0.2) is 17.5 Å². The topological polar surface area (TPSA) is 66.5 Å². The van der Waals surface area contributed by atoms with Crippen molar-refractivity contribution in [1.82, 2.24) is 4.31 Å². The number of anilines is 1. The van der Waals surface area contributed by atoms with Gasteiger partial charge in [-0.05, 0) is 29.8 Å². The van der Waals surface area contributed by atoms with E-state index in [-0.39, 0.29) is 27.2 Å². The second kappa shape index (κ2) is 5.87. The van der Waals surface area contributed by atoms with Crippen LogP contribution in [0.2, 0.25) is 15.1 Å². The first-order chi connectivity index (χ1) is 10.8. The van der Waals surface area contributed by atoms with Crippen LogP contribution in [0, 0.1) is 0 Å². The summed E-state index contributed by atoms with van der Waals surface area (Å²) in [7, 11) is -4.10. The molecule has 0 aliphatic carbocycles. The highest BCUT2D eigenvalue weighted by atomic mass is 35.5. The maximum Gasteiger partial charge on any atom is 0.336 e. The Morgan fingerprint density at radius 3 is 2.48 bits per heavy atom. The van der Waals surface area contributed by atoms with Gasteiger partial charge in [-0.2, -0.15) is 0 Å². The lowest BCUT2D eigenvalue weighted by atomic mass is 10.2. The molecule has 0 bridgehead atoms. The molecule has 9 heteroatoms. The van der Waals surface area contributed by atoms with Crippen LogP contribution in [-0.4, -0.2) is 18.8 Å². The van der Waals surface area contributed by atoms with Crippen LogP contribution in [0.1, 0.15) is 5.56 Å². The number of halogens is 3. The minimum atomic E-state index is -4.10. The molecular formula is C14H9Cl3N2O3S. The van der Waals surface area contributed by atoms with E-state index in [2.05, 4.69) is 5.32 Å². The van der Waals surface area contributed by atoms with Crippen LogP contribution in [0.25, 0.3) is 0 Å². The normalized spacial score (nSPS) is 16.0. The van der Waals surface area contributed by atoms with E-state index in [1.54, 1.807) is 24.3 Å². The Morgan fingerprint density at radius 1 is 1.04 bits per heavy atom. The zero-order valence-electron chi connectivity index (χ0n) is 11.4. The molecule has 0 aromatic heterocycles. The van der Waals surface area contributed by atoms with Gasteiger partial charge < -0.3 is 5.32 Å². The van der Waals surface area contributed by atoms with Gasteiger partial charge in [-0.1, -0.05) is 46.9 Å². The summed E-state index contributed by atoms with van der Waals surface area (Å²) in [4.78, 5) is 12.0. The lowest BCUT2D eigenvalue weighted by Crippen LogP contribution is -2.43. The molecule has 0 spiro atoms. The Kier molecular flexibility index (Phi) is 4.18. The van der Waals surface area contributed by atoms with Crippen molar-refractivity contribution in [3.8, 4) is 0 Å². The minimum Gasteiger partial charge on any atom is -0.306 e. The maximum atomic E-state index is 12.7. The largest absolute Gasteiger partial charge is 0.336 e. The molecule has 0 radical (unpaired) electrons. The van der Waals surface area contributed by atoms with Gasteiger partial charge in [0.1, 0.15) is 4.90 Å². The number of hydrogen-bond donors (Lipinski definition) is 1. The molecule has 3 rings (SSSR count). The Balaban J connectivity index is 2.08. The first kappa shape index (κ1) is 16.4. The van der Waals surface area contributed by atoms with Crippen molar-refractivity contribution in [2.45, 2.75) is 11.4 Å². The van der Waals surface area contributed by atoms with Gasteiger partial charge in [0.05, 0.1) is 17.3 Å². The summed E-state index contributed by atoms with van der Waals surface area (Å²) in [5.41, 5.74) is 0.639. The number of benzene rings is 2. The number of nitrogens with zero attached hydrogens (tertiary/aromatic N) is 1. The van der Waals surface area contributed by atoms with Gasteiger partial charge in [0, 0.05) is 10.0 Å². The average Bonchev–Trinajstić information content (AvgIpc) is 2.42. The summed E-state index contributed by atoms with van der Waals surface area (Å²) in [6.45, 7) is -0.160. The zero-order chi connectivity index (χ0) is 16.8. The third-order valence-electron chi connectivity index (χ3n) is 3.24. The molecule has 2 aromatic carbocycles. The SMILES string of the molecule is O=C1Nc2cc(Cl)cc(Cl)c2S(=O)(=O)N1Cc1cccc(Cl)c1. The second-order valence-electron chi connectivity index (χ2n) is 4.84. The van der Waals surface area contributed by atoms with Crippen molar-refractivity contribution < 1.29 is 13.2 Å². The van der Waals surface area contributed by atoms with Crippen molar-refractivity contribution in [1.29, 1.82) is 0 Å². The fourth-order valence-corrected chi connectivity index (χ4v) is 4.77. The molecule has 0 saturated carbocycles. The number of sulfonamides is 1. The molecule has 120 valence electrons. The fraction of sp³-hybridized carbons (Fsp3) is 0.0714. The van der Waals surface area contributed by atoms with Crippen LogP contribution in [-0.2, 0) is 16.6 Å². The standard InChI is InChI=1S/C14H9Cl3N2O3S/c15-9-3-1-2-8(4-9)7-19-14(20)18-12-6-10(16)5-11(17)13(12)23(19,21)22/h1-6H,7H2,(H,18,20). The summed E-state index contributed by atoms with van der Waals surface area (Å²) in [6, 6.07) is 8.47. The molecule has 1 aliphatic rings. The summed E-state index contributed by atoms with van der Waals surface area (Å²) in [5.74, 6) is 0. The molecule has 1 aliphatic heterocycles. The molecule has 5 nitrogen and oxygen atoms in total. The lowest BCUT2D eigenvalue weighted by Gasteiger charge is -2.29. The summed E-state index contributed by atoms with van der Waals surface area (Å²) in [6.07, 6.45) is 0. The van der Waals surface area contributed by atoms with E-state index >= 15 is 0 Å². The molecule has 0 unspecified atom stereocenters. The molecule has 2 aromatic rings. The number of carbonyl (C=O) groups excluding carboxylic acids is 1. The predicted octanol–water partition coefficient (Wildman–Crippen LogP) is 4.38. The zero-order valence-corrected chi connectivity index (χ0v) is 14.5. The van der Waals surface area contributed by atoms with Gasteiger partial charge >= 0.3 is 6.03 Å². The highest BCUT2D eigenvalue weighted by molar-refractivity contribution is 7.90. The molecule has 1 N–H and O–H groups in total. The number of nitrogens with one attached hydrogen (secondary N) is 1. The van der Waals surface area contributed by atoms with Crippen LogP contribution in [0.4, 0.5) is 10.5 Å². The van der Waals surface area contributed by atoms with E-state index in [0.29, 0.717) is 14.9 Å². The third-order valence-corrected chi connectivity index (χ3v) is 5.93. The number of urea groups is 1. The van der Waals surface area contributed by atoms with Crippen molar-refractivity contribution in [3.63, 3.8) is 0 Å². The first-order valence-corrected chi connectivity index (χ1v) is 8.93. The van der Waals surface area contributed by atoms with Gasteiger partial charge in [0.15, 0.2) is 0 Å². The van der Waals surface area contributed by atoms with Crippen LogP contribution < -0.4 is 5.32 Å². The highest BCUT2D eigenvalue weighted by Crippen LogP contribution is 2.38. The van der Waals surface area contributed by atoms with E-state index in [1.165, 1.54) is 12.1 Å². The van der Waals surface area contributed by atoms with Crippen LogP contribution >= 0.6 is 34.8 Å². The smallest absolute Gasteiger partial charge is 0.306 e.